The first-order chi connectivity index (χ1) is 18.5. The molecule has 1 aliphatic carbocycles. The molecule has 1 aliphatic rings. The molecule has 1 saturated carbocycles. The van der Waals surface area contributed by atoms with Gasteiger partial charge in [-0.3, -0.25) is 9.59 Å². The number of carbonyl (C=O) groups is 3. The van der Waals surface area contributed by atoms with Gasteiger partial charge in [0.1, 0.15) is 11.3 Å². The second kappa shape index (κ2) is 13.4. The van der Waals surface area contributed by atoms with Gasteiger partial charge in [0, 0.05) is 20.1 Å². The maximum Gasteiger partial charge on any atom is 0.420 e. The Hall–Kier alpha value is -2.96. The highest BCUT2D eigenvalue weighted by atomic mass is 32.1. The normalized spacial score (nSPS) is 17.6. The summed E-state index contributed by atoms with van der Waals surface area (Å²) in [5, 5.41) is -0.547. The molecule has 0 N–H and O–H groups in total. The van der Waals surface area contributed by atoms with Crippen LogP contribution < -0.4 is 9.64 Å². The minimum Gasteiger partial charge on any atom is -0.465 e. The van der Waals surface area contributed by atoms with E-state index in [4.69, 9.17) is 18.9 Å². The highest BCUT2D eigenvalue weighted by Gasteiger charge is 2.38. The van der Waals surface area contributed by atoms with E-state index in [0.29, 0.717) is 42.4 Å². The number of halogens is 3. The van der Waals surface area contributed by atoms with Gasteiger partial charge in [-0.05, 0) is 55.9 Å². The number of aldehydes is 1. The summed E-state index contributed by atoms with van der Waals surface area (Å²) in [6.07, 6.45) is -1.29. The molecule has 0 atom stereocenters. The van der Waals surface area contributed by atoms with Crippen molar-refractivity contribution in [3.63, 3.8) is 0 Å². The van der Waals surface area contributed by atoms with Crippen molar-refractivity contribution in [1.29, 1.82) is 0 Å². The molecule has 0 spiro atoms. The highest BCUT2D eigenvalue weighted by Crippen LogP contribution is 2.44. The Balaban J connectivity index is 2.08. The van der Waals surface area contributed by atoms with Crippen molar-refractivity contribution in [1.82, 2.24) is 0 Å². The number of hydrogen-bond acceptors (Lipinski definition) is 8. The van der Waals surface area contributed by atoms with E-state index in [0.717, 1.165) is 20.0 Å². The predicted octanol–water partition coefficient (Wildman–Crippen LogP) is 5.98. The van der Waals surface area contributed by atoms with Crippen molar-refractivity contribution < 1.29 is 46.5 Å². The fourth-order valence-corrected chi connectivity index (χ4v) is 5.54. The van der Waals surface area contributed by atoms with Gasteiger partial charge in [0.2, 0.25) is 5.91 Å². The van der Waals surface area contributed by atoms with Gasteiger partial charge < -0.3 is 23.8 Å². The van der Waals surface area contributed by atoms with Crippen LogP contribution in [0.1, 0.15) is 58.2 Å². The first-order valence-electron chi connectivity index (χ1n) is 12.4. The summed E-state index contributed by atoms with van der Waals surface area (Å²) in [5.41, 5.74) is -0.986. The smallest absolute Gasteiger partial charge is 0.420 e. The maximum atomic E-state index is 13.9. The summed E-state index contributed by atoms with van der Waals surface area (Å²) in [5.74, 6) is -0.876. The van der Waals surface area contributed by atoms with Gasteiger partial charge in [-0.25, -0.2) is 4.79 Å². The quantitative estimate of drug-likeness (QED) is 0.242. The topological polar surface area (TPSA) is 91.4 Å². The zero-order valence-electron chi connectivity index (χ0n) is 22.2. The number of nitrogens with zero attached hydrogens (tertiary/aromatic N) is 1. The molecule has 1 aromatic carbocycles. The van der Waals surface area contributed by atoms with E-state index in [1.54, 1.807) is 0 Å². The number of thiophene rings is 1. The fraction of sp³-hybridized carbons (Fsp3) is 0.519. The molecule has 1 heterocycles. The molecule has 0 saturated heterocycles. The van der Waals surface area contributed by atoms with Crippen LogP contribution in [0.15, 0.2) is 24.3 Å². The summed E-state index contributed by atoms with van der Waals surface area (Å²) in [7, 11) is 4.13. The number of rotatable bonds is 11. The maximum absolute atomic E-state index is 13.9. The number of hydrogen-bond donors (Lipinski definition) is 0. The first-order valence-corrected chi connectivity index (χ1v) is 13.2. The SMILES string of the molecule is COCC(COC)N(c1ccc(Oc2sc(C=O)cc2C(F)(F)F)cc1C(=O)OC)C(=O)[C@H]1CC[C@H](C)CC1. The summed E-state index contributed by atoms with van der Waals surface area (Å²) >= 11 is 0.530. The molecule has 2 aromatic rings. The summed E-state index contributed by atoms with van der Waals surface area (Å²) < 4.78 is 61.7. The van der Waals surface area contributed by atoms with E-state index >= 15 is 0 Å². The van der Waals surface area contributed by atoms with Crippen molar-refractivity contribution in [2.75, 3.05) is 39.4 Å². The zero-order valence-corrected chi connectivity index (χ0v) is 23.0. The van der Waals surface area contributed by atoms with Crippen molar-refractivity contribution >= 4 is 35.2 Å². The third-order valence-corrected chi connectivity index (χ3v) is 7.61. The molecule has 39 heavy (non-hydrogen) atoms. The Morgan fingerprint density at radius 1 is 1.08 bits per heavy atom. The van der Waals surface area contributed by atoms with Gasteiger partial charge in [-0.1, -0.05) is 18.3 Å². The van der Waals surface area contributed by atoms with E-state index in [1.807, 2.05) is 0 Å². The molecular formula is C27H32F3NO7S. The molecule has 0 aliphatic heterocycles. The van der Waals surface area contributed by atoms with Gasteiger partial charge in [-0.2, -0.15) is 13.2 Å². The van der Waals surface area contributed by atoms with Crippen molar-refractivity contribution in [2.24, 2.45) is 11.8 Å². The van der Waals surface area contributed by atoms with Crippen molar-refractivity contribution in [2.45, 2.75) is 44.8 Å². The second-order valence-corrected chi connectivity index (χ2v) is 10.5. The number of methoxy groups -OCH3 is 3. The van der Waals surface area contributed by atoms with Crippen LogP contribution >= 0.6 is 11.3 Å². The van der Waals surface area contributed by atoms with E-state index in [2.05, 4.69) is 6.92 Å². The van der Waals surface area contributed by atoms with Crippen LogP contribution in [-0.2, 0) is 25.2 Å². The Kier molecular flexibility index (Phi) is 10.5. The first kappa shape index (κ1) is 30.6. The molecule has 12 heteroatoms. The van der Waals surface area contributed by atoms with Gasteiger partial charge in [-0.15, -0.1) is 0 Å². The lowest BCUT2D eigenvalue weighted by Crippen LogP contribution is -2.49. The molecule has 0 unspecified atom stereocenters. The third kappa shape index (κ3) is 7.37. The number of carbonyl (C=O) groups excluding carboxylic acids is 3. The highest BCUT2D eigenvalue weighted by molar-refractivity contribution is 7.15. The number of ether oxygens (including phenoxy) is 4. The Labute approximate surface area is 229 Å². The summed E-state index contributed by atoms with van der Waals surface area (Å²) in [4.78, 5) is 39.2. The van der Waals surface area contributed by atoms with Gasteiger partial charge in [0.05, 0.1) is 42.5 Å². The number of benzene rings is 1. The Morgan fingerprint density at radius 3 is 2.26 bits per heavy atom. The summed E-state index contributed by atoms with van der Waals surface area (Å²) in [6, 6.07) is 4.13. The number of esters is 1. The number of anilines is 1. The van der Waals surface area contributed by atoms with Crippen LogP contribution in [0, 0.1) is 11.8 Å². The monoisotopic (exact) mass is 571 g/mol. The lowest BCUT2D eigenvalue weighted by Gasteiger charge is -2.36. The Bertz CT molecular complexity index is 1150. The fourth-order valence-electron chi connectivity index (χ4n) is 4.67. The van der Waals surface area contributed by atoms with E-state index in [1.165, 1.54) is 37.3 Å². The Morgan fingerprint density at radius 2 is 1.72 bits per heavy atom. The minimum absolute atomic E-state index is 0.0783. The van der Waals surface area contributed by atoms with Crippen LogP contribution in [-0.4, -0.2) is 58.7 Å². The van der Waals surface area contributed by atoms with E-state index in [9.17, 15) is 27.6 Å². The number of alkyl halides is 3. The largest absolute Gasteiger partial charge is 0.465 e. The standard InChI is InChI=1S/C27H32F3NO7S/c1-16-5-7-17(8-6-16)24(33)31(18(14-35-2)15-36-3)23-10-9-19(11-21(23)25(34)37-4)38-26-22(27(28,29)30)12-20(13-32)39-26/h9-13,16-18H,5-8,14-15H2,1-4H3/t16-,17-. The summed E-state index contributed by atoms with van der Waals surface area (Å²) in [6.45, 7) is 2.36. The lowest BCUT2D eigenvalue weighted by atomic mass is 9.82. The van der Waals surface area contributed by atoms with Crippen LogP contribution in [0.4, 0.5) is 18.9 Å². The molecule has 1 amide bonds. The van der Waals surface area contributed by atoms with Gasteiger partial charge in [0.25, 0.3) is 0 Å². The molecule has 0 bridgehead atoms. The average molecular weight is 572 g/mol. The second-order valence-electron chi connectivity index (χ2n) is 9.47. The van der Waals surface area contributed by atoms with Crippen LogP contribution in [0.5, 0.6) is 10.8 Å². The molecule has 1 aromatic heterocycles. The van der Waals surface area contributed by atoms with Crippen molar-refractivity contribution in [3.05, 3.63) is 40.3 Å². The third-order valence-electron chi connectivity index (χ3n) is 6.67. The van der Waals surface area contributed by atoms with Gasteiger partial charge >= 0.3 is 12.1 Å². The molecule has 0 radical (unpaired) electrons. The lowest BCUT2D eigenvalue weighted by molar-refractivity contribution is -0.138. The molecule has 214 valence electrons. The average Bonchev–Trinajstić information content (AvgIpc) is 3.33. The molecule has 8 nitrogen and oxygen atoms in total. The van der Waals surface area contributed by atoms with Crippen LogP contribution in [0.25, 0.3) is 0 Å². The predicted molar refractivity (Wildman–Crippen MR) is 139 cm³/mol. The number of amides is 1. The zero-order chi connectivity index (χ0) is 28.7. The van der Waals surface area contributed by atoms with E-state index < -0.39 is 28.8 Å². The van der Waals surface area contributed by atoms with Gasteiger partial charge in [0.15, 0.2) is 11.3 Å². The van der Waals surface area contributed by atoms with Crippen LogP contribution in [0.3, 0.4) is 0 Å². The molecule has 1 fully saturated rings. The van der Waals surface area contributed by atoms with Crippen molar-refractivity contribution in [3.8, 4) is 10.8 Å². The minimum atomic E-state index is -4.76. The van der Waals surface area contributed by atoms with E-state index in [-0.39, 0.29) is 46.9 Å². The molecular weight excluding hydrogens is 539 g/mol. The van der Waals surface area contributed by atoms with Crippen LogP contribution in [0.2, 0.25) is 0 Å². The molecule has 3 rings (SSSR count).